The number of nitrogens with zero attached hydrogens (tertiary/aromatic N) is 1. The lowest BCUT2D eigenvalue weighted by Gasteiger charge is -2.46. The van der Waals surface area contributed by atoms with Crippen LogP contribution in [0.5, 0.6) is 11.5 Å². The first-order chi connectivity index (χ1) is 9.95. The van der Waals surface area contributed by atoms with Crippen LogP contribution in [0.25, 0.3) is 0 Å². The molecular weight excluding hydrogens is 270 g/mol. The highest BCUT2D eigenvalue weighted by Crippen LogP contribution is 2.46. The Kier molecular flexibility index (Phi) is 4.14. The van der Waals surface area contributed by atoms with E-state index in [9.17, 15) is 9.90 Å². The van der Waals surface area contributed by atoms with Gasteiger partial charge in [0.2, 0.25) is 0 Å². The molecule has 1 atom stereocenters. The summed E-state index contributed by atoms with van der Waals surface area (Å²) in [6.07, 6.45) is 0.383. The summed E-state index contributed by atoms with van der Waals surface area (Å²) in [5.41, 5.74) is -1.24. The van der Waals surface area contributed by atoms with Gasteiger partial charge in [0, 0.05) is 6.92 Å². The number of ether oxygens (including phenoxy) is 2. The quantitative estimate of drug-likeness (QED) is 0.874. The van der Waals surface area contributed by atoms with Crippen LogP contribution in [0.2, 0.25) is 0 Å². The number of carboxylic acid groups (broad SMARTS) is 1. The number of hydrogen-bond donors (Lipinski definition) is 1. The molecule has 1 aromatic carbocycles. The molecule has 0 radical (unpaired) electrons. The number of aliphatic carboxylic acids is 1. The molecule has 0 spiro atoms. The average Bonchev–Trinajstić information content (AvgIpc) is 2.81. The van der Waals surface area contributed by atoms with Crippen molar-refractivity contribution in [2.24, 2.45) is 0 Å². The van der Waals surface area contributed by atoms with Crippen LogP contribution < -0.4 is 9.47 Å². The Labute approximate surface area is 125 Å². The second-order valence-electron chi connectivity index (χ2n) is 5.29. The third kappa shape index (κ3) is 2.16. The molecule has 0 saturated heterocycles. The van der Waals surface area contributed by atoms with Crippen LogP contribution >= 0.6 is 0 Å². The molecule has 0 aromatic heterocycles. The van der Waals surface area contributed by atoms with E-state index in [1.807, 2.05) is 37.8 Å². The molecule has 1 N–H and O–H groups in total. The summed E-state index contributed by atoms with van der Waals surface area (Å²) in [5, 5.41) is 9.96. The van der Waals surface area contributed by atoms with E-state index in [4.69, 9.17) is 9.47 Å². The summed E-state index contributed by atoms with van der Waals surface area (Å²) in [4.78, 5) is 14.0. The zero-order valence-electron chi connectivity index (χ0n) is 13.0. The summed E-state index contributed by atoms with van der Waals surface area (Å²) in [5.74, 6) is -1.01. The van der Waals surface area contributed by atoms with Crippen molar-refractivity contribution >= 4 is 5.97 Å². The average molecular weight is 293 g/mol. The second kappa shape index (κ2) is 5.56. The number of carbonyl (C=O) groups is 1. The van der Waals surface area contributed by atoms with Crippen molar-refractivity contribution in [3.8, 4) is 11.5 Å². The van der Waals surface area contributed by atoms with Crippen molar-refractivity contribution in [3.05, 3.63) is 24.3 Å². The van der Waals surface area contributed by atoms with E-state index in [0.717, 1.165) is 0 Å². The van der Waals surface area contributed by atoms with Crippen LogP contribution in [0.3, 0.4) is 0 Å². The summed E-state index contributed by atoms with van der Waals surface area (Å²) < 4.78 is 11.9. The first kappa shape index (κ1) is 15.6. The number of para-hydroxylation sites is 2. The lowest BCUT2D eigenvalue weighted by atomic mass is 9.84. The number of hydrogen-bond acceptors (Lipinski definition) is 4. The van der Waals surface area contributed by atoms with E-state index in [1.54, 1.807) is 19.1 Å². The molecular formula is C16H23NO4. The molecule has 116 valence electrons. The fourth-order valence-electron chi connectivity index (χ4n) is 3.30. The number of rotatable bonds is 6. The zero-order valence-corrected chi connectivity index (χ0v) is 13.0. The fraction of sp³-hybridized carbons (Fsp3) is 0.562. The van der Waals surface area contributed by atoms with E-state index >= 15 is 0 Å². The topological polar surface area (TPSA) is 59.0 Å². The lowest BCUT2D eigenvalue weighted by Crippen LogP contribution is -2.70. The molecule has 1 aromatic rings. The zero-order chi connectivity index (χ0) is 15.7. The van der Waals surface area contributed by atoms with Crippen molar-refractivity contribution in [1.29, 1.82) is 0 Å². The molecule has 0 saturated carbocycles. The van der Waals surface area contributed by atoms with Crippen LogP contribution in [0.4, 0.5) is 0 Å². The number of likely N-dealkylation sites (N-methyl/N-ethyl adjacent to an activating group) is 1. The van der Waals surface area contributed by atoms with E-state index in [2.05, 4.69) is 0 Å². The molecule has 21 heavy (non-hydrogen) atoms. The van der Waals surface area contributed by atoms with Gasteiger partial charge in [0.1, 0.15) is 0 Å². The van der Waals surface area contributed by atoms with Gasteiger partial charge in [0.05, 0.1) is 0 Å². The van der Waals surface area contributed by atoms with Gasteiger partial charge in [0.15, 0.2) is 17.0 Å². The highest BCUT2D eigenvalue weighted by molar-refractivity contribution is 5.81. The Morgan fingerprint density at radius 2 is 1.67 bits per heavy atom. The van der Waals surface area contributed by atoms with Crippen molar-refractivity contribution in [1.82, 2.24) is 4.90 Å². The van der Waals surface area contributed by atoms with E-state index in [0.29, 0.717) is 31.0 Å². The van der Waals surface area contributed by atoms with Crippen LogP contribution in [0, 0.1) is 0 Å². The molecule has 0 bridgehead atoms. The maximum atomic E-state index is 12.2. The van der Waals surface area contributed by atoms with Gasteiger partial charge < -0.3 is 14.6 Å². The lowest BCUT2D eigenvalue weighted by molar-refractivity contribution is -0.203. The van der Waals surface area contributed by atoms with E-state index in [-0.39, 0.29) is 0 Å². The summed E-state index contributed by atoms with van der Waals surface area (Å²) in [7, 11) is 0. The molecule has 0 fully saturated rings. The SMILES string of the molecule is CCN(CC)C(CC)(C(=O)O)C1(C)Oc2ccccc2O1. The largest absolute Gasteiger partial charge is 0.480 e. The standard InChI is InChI=1S/C16H23NO4/c1-5-16(14(18)19,17(6-2)7-3)15(4)20-12-10-8-9-11-13(12)21-15/h8-11H,5-7H2,1-4H3,(H,18,19). The smallest absolute Gasteiger partial charge is 0.332 e. The third-order valence-electron chi connectivity index (χ3n) is 4.38. The molecule has 1 aliphatic rings. The number of fused-ring (bicyclic) bond motifs is 1. The predicted molar refractivity (Wildman–Crippen MR) is 79.7 cm³/mol. The molecule has 5 heteroatoms. The highest BCUT2D eigenvalue weighted by Gasteiger charge is 2.62. The summed E-state index contributed by atoms with van der Waals surface area (Å²) in [6, 6.07) is 7.29. The van der Waals surface area contributed by atoms with Crippen molar-refractivity contribution < 1.29 is 19.4 Å². The van der Waals surface area contributed by atoms with Crippen molar-refractivity contribution in [2.45, 2.75) is 45.4 Å². The van der Waals surface area contributed by atoms with E-state index in [1.165, 1.54) is 0 Å². The maximum Gasteiger partial charge on any atom is 0.332 e. The Morgan fingerprint density at radius 1 is 1.19 bits per heavy atom. The van der Waals surface area contributed by atoms with Crippen molar-refractivity contribution in [3.63, 3.8) is 0 Å². The Hall–Kier alpha value is -1.75. The van der Waals surface area contributed by atoms with Gasteiger partial charge >= 0.3 is 5.97 Å². The minimum absolute atomic E-state index is 0.383. The van der Waals surface area contributed by atoms with Gasteiger partial charge in [-0.25, -0.2) is 4.79 Å². The van der Waals surface area contributed by atoms with Crippen LogP contribution in [0.15, 0.2) is 24.3 Å². The fourth-order valence-corrected chi connectivity index (χ4v) is 3.30. The van der Waals surface area contributed by atoms with Crippen LogP contribution in [-0.2, 0) is 4.79 Å². The highest BCUT2D eigenvalue weighted by atomic mass is 16.7. The Balaban J connectivity index is 2.50. The first-order valence-corrected chi connectivity index (χ1v) is 7.40. The second-order valence-corrected chi connectivity index (χ2v) is 5.29. The number of benzene rings is 1. The maximum absolute atomic E-state index is 12.2. The van der Waals surface area contributed by atoms with Crippen molar-refractivity contribution in [2.75, 3.05) is 13.1 Å². The normalized spacial score (nSPS) is 18.5. The molecule has 1 heterocycles. The predicted octanol–water partition coefficient (Wildman–Crippen LogP) is 2.75. The molecule has 0 amide bonds. The minimum atomic E-state index is -1.26. The molecule has 5 nitrogen and oxygen atoms in total. The van der Waals surface area contributed by atoms with Crippen LogP contribution in [0.1, 0.15) is 34.1 Å². The van der Waals surface area contributed by atoms with Gasteiger partial charge in [0.25, 0.3) is 5.79 Å². The van der Waals surface area contributed by atoms with E-state index < -0.39 is 17.3 Å². The first-order valence-electron chi connectivity index (χ1n) is 7.40. The Bertz CT molecular complexity index is 502. The monoisotopic (exact) mass is 293 g/mol. The summed E-state index contributed by atoms with van der Waals surface area (Å²) in [6.45, 7) is 8.67. The van der Waals surface area contributed by atoms with Crippen LogP contribution in [-0.4, -0.2) is 40.4 Å². The molecule has 0 aliphatic carbocycles. The molecule has 1 aliphatic heterocycles. The van der Waals surface area contributed by atoms with Gasteiger partial charge in [-0.2, -0.15) is 0 Å². The Morgan fingerprint density at radius 3 is 2.00 bits per heavy atom. The van der Waals surface area contributed by atoms with Gasteiger partial charge in [-0.1, -0.05) is 32.9 Å². The van der Waals surface area contributed by atoms with Gasteiger partial charge in [-0.15, -0.1) is 0 Å². The van der Waals surface area contributed by atoms with Gasteiger partial charge in [-0.3, -0.25) is 4.90 Å². The molecule has 2 rings (SSSR count). The number of carboxylic acids is 1. The summed E-state index contributed by atoms with van der Waals surface area (Å²) >= 11 is 0. The van der Waals surface area contributed by atoms with Gasteiger partial charge in [-0.05, 0) is 31.6 Å². The molecule has 1 unspecified atom stereocenters. The minimum Gasteiger partial charge on any atom is -0.480 e. The third-order valence-corrected chi connectivity index (χ3v) is 4.38.